The van der Waals surface area contributed by atoms with Gasteiger partial charge in [-0.05, 0) is 44.9 Å². The minimum atomic E-state index is -0.0749. The maximum absolute atomic E-state index is 11.9. The third kappa shape index (κ3) is 4.29. The molecule has 0 aliphatic rings. The molecule has 0 saturated carbocycles. The van der Waals surface area contributed by atoms with Gasteiger partial charge in [0.25, 0.3) is 0 Å². The van der Waals surface area contributed by atoms with E-state index < -0.39 is 0 Å². The Kier molecular flexibility index (Phi) is 4.96. The third-order valence-electron chi connectivity index (χ3n) is 3.21. The first kappa shape index (κ1) is 15.5. The maximum Gasteiger partial charge on any atom is 0.229 e. The van der Waals surface area contributed by atoms with E-state index in [0.717, 1.165) is 27.4 Å². The van der Waals surface area contributed by atoms with Crippen LogP contribution in [0.1, 0.15) is 28.1 Å². The lowest BCUT2D eigenvalue weighted by Crippen LogP contribution is -2.15. The van der Waals surface area contributed by atoms with Crippen molar-refractivity contribution in [2.75, 3.05) is 11.9 Å². The van der Waals surface area contributed by atoms with E-state index in [1.807, 2.05) is 45.9 Å². The number of benzene rings is 1. The Labute approximate surface area is 129 Å². The molecule has 5 heteroatoms. The van der Waals surface area contributed by atoms with E-state index in [1.54, 1.807) is 0 Å². The van der Waals surface area contributed by atoms with Crippen LogP contribution in [0.3, 0.4) is 0 Å². The number of carbonyl (C=O) groups excluding carboxylic acids is 1. The molecule has 0 aliphatic carbocycles. The van der Waals surface area contributed by atoms with Crippen molar-refractivity contribution in [2.24, 2.45) is 0 Å². The molecular formula is C16H20N2O2S. The summed E-state index contributed by atoms with van der Waals surface area (Å²) in [6.45, 7) is 8.30. The average Bonchev–Trinajstić information content (AvgIpc) is 2.72. The minimum Gasteiger partial charge on any atom is -0.493 e. The Balaban J connectivity index is 1.83. The number of amides is 1. The first-order valence-electron chi connectivity index (χ1n) is 6.89. The Morgan fingerprint density at radius 1 is 1.29 bits per heavy atom. The summed E-state index contributed by atoms with van der Waals surface area (Å²) >= 11 is 1.49. The van der Waals surface area contributed by atoms with Crippen molar-refractivity contribution in [3.05, 3.63) is 39.9 Å². The van der Waals surface area contributed by atoms with Crippen molar-refractivity contribution >= 4 is 22.4 Å². The predicted molar refractivity (Wildman–Crippen MR) is 86.2 cm³/mol. The van der Waals surface area contributed by atoms with Crippen LogP contribution in [0.4, 0.5) is 5.13 Å². The normalized spacial score (nSPS) is 10.5. The molecule has 21 heavy (non-hydrogen) atoms. The van der Waals surface area contributed by atoms with Gasteiger partial charge in [-0.1, -0.05) is 12.1 Å². The van der Waals surface area contributed by atoms with Gasteiger partial charge in [-0.2, -0.15) is 0 Å². The lowest BCUT2D eigenvalue weighted by Gasteiger charge is -2.09. The zero-order valence-corrected chi connectivity index (χ0v) is 13.6. The quantitative estimate of drug-likeness (QED) is 0.914. The topological polar surface area (TPSA) is 51.2 Å². The summed E-state index contributed by atoms with van der Waals surface area (Å²) in [5, 5.41) is 3.46. The Hall–Kier alpha value is -1.88. The Morgan fingerprint density at radius 3 is 2.71 bits per heavy atom. The summed E-state index contributed by atoms with van der Waals surface area (Å²) in [4.78, 5) is 17.3. The lowest BCUT2D eigenvalue weighted by molar-refractivity contribution is -0.116. The van der Waals surface area contributed by atoms with Crippen LogP contribution in [0.2, 0.25) is 0 Å². The van der Waals surface area contributed by atoms with E-state index in [2.05, 4.69) is 10.3 Å². The first-order chi connectivity index (χ1) is 9.95. The molecule has 1 heterocycles. The molecule has 0 atom stereocenters. The highest BCUT2D eigenvalue weighted by Gasteiger charge is 2.08. The van der Waals surface area contributed by atoms with Crippen LogP contribution < -0.4 is 10.1 Å². The Morgan fingerprint density at radius 2 is 2.05 bits per heavy atom. The predicted octanol–water partition coefficient (Wildman–Crippen LogP) is 3.78. The summed E-state index contributed by atoms with van der Waals surface area (Å²) in [5.41, 5.74) is 3.18. The standard InChI is InChI=1S/C16H20N2O2S/c1-10-5-6-11(2)14(9-10)20-8-7-15(19)18-16-17-12(3)13(4)21-16/h5-6,9H,7-8H2,1-4H3,(H,17,18,19). The van der Waals surface area contributed by atoms with Crippen LogP contribution in [0.5, 0.6) is 5.75 Å². The molecule has 1 aromatic carbocycles. The number of nitrogens with zero attached hydrogens (tertiary/aromatic N) is 1. The van der Waals surface area contributed by atoms with E-state index in [-0.39, 0.29) is 5.91 Å². The summed E-state index contributed by atoms with van der Waals surface area (Å²) < 4.78 is 5.68. The van der Waals surface area contributed by atoms with E-state index in [4.69, 9.17) is 4.74 Å². The van der Waals surface area contributed by atoms with Gasteiger partial charge in [0.2, 0.25) is 5.91 Å². The largest absolute Gasteiger partial charge is 0.493 e. The Bertz CT molecular complexity index is 630. The molecule has 1 aromatic heterocycles. The van der Waals surface area contributed by atoms with Crippen molar-refractivity contribution in [3.8, 4) is 5.75 Å². The molecule has 0 aliphatic heterocycles. The molecule has 112 valence electrons. The second-order valence-electron chi connectivity index (χ2n) is 5.08. The van der Waals surface area contributed by atoms with Crippen molar-refractivity contribution < 1.29 is 9.53 Å². The molecule has 4 nitrogen and oxygen atoms in total. The van der Waals surface area contributed by atoms with E-state index >= 15 is 0 Å². The van der Waals surface area contributed by atoms with Crippen molar-refractivity contribution in [2.45, 2.75) is 34.1 Å². The molecule has 0 unspecified atom stereocenters. The lowest BCUT2D eigenvalue weighted by atomic mass is 10.1. The highest BCUT2D eigenvalue weighted by molar-refractivity contribution is 7.15. The van der Waals surface area contributed by atoms with Gasteiger partial charge in [0.15, 0.2) is 5.13 Å². The van der Waals surface area contributed by atoms with Gasteiger partial charge in [-0.15, -0.1) is 11.3 Å². The molecule has 0 fully saturated rings. The minimum absolute atomic E-state index is 0.0749. The number of ether oxygens (including phenoxy) is 1. The molecule has 1 N–H and O–H groups in total. The van der Waals surface area contributed by atoms with Crippen LogP contribution in [0.25, 0.3) is 0 Å². The van der Waals surface area contributed by atoms with E-state index in [9.17, 15) is 4.79 Å². The van der Waals surface area contributed by atoms with Gasteiger partial charge in [0.05, 0.1) is 18.7 Å². The number of rotatable bonds is 5. The number of nitrogens with one attached hydrogen (secondary N) is 1. The SMILES string of the molecule is Cc1ccc(C)c(OCCC(=O)Nc2nc(C)c(C)s2)c1. The summed E-state index contributed by atoms with van der Waals surface area (Å²) in [7, 11) is 0. The zero-order chi connectivity index (χ0) is 15.4. The van der Waals surface area contributed by atoms with E-state index in [1.165, 1.54) is 11.3 Å². The number of hydrogen-bond acceptors (Lipinski definition) is 4. The fraction of sp³-hybridized carbons (Fsp3) is 0.375. The molecule has 0 bridgehead atoms. The number of aromatic nitrogens is 1. The molecule has 2 rings (SSSR count). The first-order valence-corrected chi connectivity index (χ1v) is 7.71. The fourth-order valence-electron chi connectivity index (χ4n) is 1.82. The van der Waals surface area contributed by atoms with Gasteiger partial charge in [-0.25, -0.2) is 4.98 Å². The van der Waals surface area contributed by atoms with Gasteiger partial charge < -0.3 is 10.1 Å². The van der Waals surface area contributed by atoms with Crippen LogP contribution >= 0.6 is 11.3 Å². The van der Waals surface area contributed by atoms with Crippen molar-refractivity contribution in [3.63, 3.8) is 0 Å². The van der Waals surface area contributed by atoms with Gasteiger partial charge in [-0.3, -0.25) is 4.79 Å². The number of thiazole rings is 1. The molecule has 0 radical (unpaired) electrons. The van der Waals surface area contributed by atoms with Gasteiger partial charge >= 0.3 is 0 Å². The maximum atomic E-state index is 11.9. The number of aryl methyl sites for hydroxylation is 4. The van der Waals surface area contributed by atoms with Crippen LogP contribution in [-0.2, 0) is 4.79 Å². The van der Waals surface area contributed by atoms with Crippen LogP contribution in [0, 0.1) is 27.7 Å². The highest BCUT2D eigenvalue weighted by Crippen LogP contribution is 2.21. The summed E-state index contributed by atoms with van der Waals surface area (Å²) in [5.74, 6) is 0.762. The average molecular weight is 304 g/mol. The highest BCUT2D eigenvalue weighted by atomic mass is 32.1. The second kappa shape index (κ2) is 6.72. The fourth-order valence-corrected chi connectivity index (χ4v) is 2.66. The molecule has 1 amide bonds. The van der Waals surface area contributed by atoms with Gasteiger partial charge in [0, 0.05) is 4.88 Å². The number of carbonyl (C=O) groups is 1. The number of anilines is 1. The van der Waals surface area contributed by atoms with Crippen molar-refractivity contribution in [1.82, 2.24) is 4.98 Å². The van der Waals surface area contributed by atoms with E-state index in [0.29, 0.717) is 18.2 Å². The van der Waals surface area contributed by atoms with Crippen LogP contribution in [-0.4, -0.2) is 17.5 Å². The summed E-state index contributed by atoms with van der Waals surface area (Å²) in [6.07, 6.45) is 0.311. The molecule has 0 spiro atoms. The second-order valence-corrected chi connectivity index (χ2v) is 6.28. The van der Waals surface area contributed by atoms with Gasteiger partial charge in [0.1, 0.15) is 5.75 Å². The monoisotopic (exact) mass is 304 g/mol. The third-order valence-corrected chi connectivity index (χ3v) is 4.19. The summed E-state index contributed by atoms with van der Waals surface area (Å²) in [6, 6.07) is 6.05. The smallest absolute Gasteiger partial charge is 0.229 e. The molecular weight excluding hydrogens is 284 g/mol. The zero-order valence-electron chi connectivity index (χ0n) is 12.8. The molecule has 2 aromatic rings. The number of hydrogen-bond donors (Lipinski definition) is 1. The molecule has 0 saturated heterocycles. The van der Waals surface area contributed by atoms with Crippen LogP contribution in [0.15, 0.2) is 18.2 Å². The van der Waals surface area contributed by atoms with Crippen molar-refractivity contribution in [1.29, 1.82) is 0 Å².